The Bertz CT molecular complexity index is 5390. The molecule has 3 aliphatic rings. The summed E-state index contributed by atoms with van der Waals surface area (Å²) in [6.45, 7) is 1.06. The van der Waals surface area contributed by atoms with E-state index in [1.807, 2.05) is 0 Å². The van der Waals surface area contributed by atoms with E-state index < -0.39 is 21.4 Å². The number of nitro groups is 2. The number of amides is 6. The number of nitrogens with zero attached hydrogens (tertiary/aromatic N) is 12. The summed E-state index contributed by atoms with van der Waals surface area (Å²) in [5.41, 5.74) is 17.9. The van der Waals surface area contributed by atoms with E-state index in [0.29, 0.717) is 80.5 Å². The van der Waals surface area contributed by atoms with E-state index in [1.54, 1.807) is 176 Å². The second-order valence-corrected chi connectivity index (χ2v) is 23.5. The van der Waals surface area contributed by atoms with Crippen LogP contribution in [0.4, 0.5) is 27.1 Å². The first kappa shape index (κ1) is 74.2. The van der Waals surface area contributed by atoms with E-state index in [0.717, 1.165) is 17.0 Å². The predicted octanol–water partition coefficient (Wildman–Crippen LogP) is 11.0. The molecular formula is C77H60FN13O17. The molecule has 0 fully saturated rings. The first-order valence-corrected chi connectivity index (χ1v) is 33.0. The summed E-state index contributed by atoms with van der Waals surface area (Å²) in [6.07, 6.45) is 7.44. The van der Waals surface area contributed by atoms with Gasteiger partial charge in [-0.25, -0.2) is 0 Å². The third kappa shape index (κ3) is 16.7. The number of anilines is 1. The number of nitrogen functional groups attached to an aromatic ring is 1. The second kappa shape index (κ2) is 33.9. The molecule has 30 nitrogen and oxygen atoms in total. The lowest BCUT2D eigenvalue weighted by Crippen LogP contribution is -2.31. The number of nitro benzene ring substituents is 2. The second-order valence-electron chi connectivity index (χ2n) is 23.5. The molecule has 0 saturated heterocycles. The molecule has 108 heavy (non-hydrogen) atoms. The highest BCUT2D eigenvalue weighted by Gasteiger charge is 2.37. The molecule has 2 N–H and O–H groups in total. The van der Waals surface area contributed by atoms with Crippen molar-refractivity contribution in [2.24, 2.45) is 5.11 Å². The molecule has 6 amide bonds. The number of rotatable bonds is 22. The van der Waals surface area contributed by atoms with Crippen LogP contribution in [0.2, 0.25) is 0 Å². The molecule has 0 bridgehead atoms. The topological polar surface area (TPSA) is 389 Å². The number of pyridine rings is 4. The maximum Gasteiger partial charge on any atom is 0.311 e. The van der Waals surface area contributed by atoms with E-state index >= 15 is 0 Å². The molecule has 7 aromatic carbocycles. The van der Waals surface area contributed by atoms with Crippen molar-refractivity contribution in [1.29, 1.82) is 0 Å². The molecule has 7 heterocycles. The Hall–Kier alpha value is -15.0. The third-order valence-corrected chi connectivity index (χ3v) is 16.7. The molecule has 4 aromatic heterocycles. The van der Waals surface area contributed by atoms with Crippen LogP contribution in [0, 0.1) is 26.0 Å². The minimum Gasteiger partial charge on any atom is -0.493 e. The largest absolute Gasteiger partial charge is 0.493 e. The van der Waals surface area contributed by atoms with Crippen LogP contribution in [-0.4, -0.2) is 118 Å². The average Bonchev–Trinajstić information content (AvgIpc) is 1.61. The van der Waals surface area contributed by atoms with Crippen LogP contribution in [-0.2, 0) is 0 Å². The number of hydrogen-bond acceptors (Lipinski definition) is 19. The number of ether oxygens (including phenoxy) is 3. The molecule has 14 rings (SSSR count). The van der Waals surface area contributed by atoms with Gasteiger partial charge in [0.05, 0.1) is 97.2 Å². The van der Waals surface area contributed by atoms with E-state index in [4.69, 9.17) is 25.5 Å². The monoisotopic (exact) mass is 1460 g/mol. The number of azide groups is 1. The van der Waals surface area contributed by atoms with E-state index in [-0.39, 0.29) is 126 Å². The van der Waals surface area contributed by atoms with Crippen molar-refractivity contribution < 1.29 is 57.2 Å². The number of imide groups is 3. The Balaban J connectivity index is 0.000000146. The van der Waals surface area contributed by atoms with Crippen LogP contribution in [0.25, 0.3) is 33.2 Å². The summed E-state index contributed by atoms with van der Waals surface area (Å²) < 4.78 is 36.0. The number of hydrogen-bond donors (Lipinski definition) is 1. The highest BCUT2D eigenvalue weighted by molar-refractivity contribution is 6.22. The lowest BCUT2D eigenvalue weighted by Gasteiger charge is -2.15. The van der Waals surface area contributed by atoms with Crippen molar-refractivity contribution in [3.8, 4) is 40.0 Å². The lowest BCUT2D eigenvalue weighted by atomic mass is 10.1. The normalized spacial score (nSPS) is 12.3. The van der Waals surface area contributed by atoms with Gasteiger partial charge in [0, 0.05) is 110 Å². The van der Waals surface area contributed by atoms with Gasteiger partial charge in [-0.3, -0.25) is 101 Å². The molecule has 0 saturated carbocycles. The first-order chi connectivity index (χ1) is 52.2. The van der Waals surface area contributed by atoms with Gasteiger partial charge >= 0.3 is 11.4 Å². The van der Waals surface area contributed by atoms with Crippen molar-refractivity contribution >= 4 is 58.2 Å². The highest BCUT2D eigenvalue weighted by atomic mass is 19.1. The van der Waals surface area contributed by atoms with Gasteiger partial charge in [0.1, 0.15) is 11.5 Å². The Kier molecular flexibility index (Phi) is 23.3. The standard InChI is InChI=1S/C22H17N5O4.C22H17N3O6.C22H19N3O4.C11H7FN2O3/c23-25-24-18-10-9-15(26-11-4-3-8-20(26)28)14-19(18)31-13-5-12-27-21(29)16-6-1-2-7-17(16)22(27)30;26-20-8-3-4-11-23(20)15-9-10-18(25(29)30)19(14-15)31-13-5-12-24-21(27)16-6-1-2-7-17(16)22(24)28;23-18-10-9-15(24-11-4-3-8-20(24)26)14-19(18)29-13-5-12-25-21(27)16-6-1-2-7-17(16)22(25)28;12-9-7-8(4-5-10(9)14(16)17)13-6-2-1-3-11(13)15/h2*1-4,6-11,14H,5,12-13H2;1-4,6-11,14H,5,12-13,23H2;1-7H. The Labute approximate surface area is 609 Å². The Morgan fingerprint density at radius 2 is 0.676 bits per heavy atom. The van der Waals surface area contributed by atoms with Crippen LogP contribution < -0.4 is 42.2 Å². The van der Waals surface area contributed by atoms with Gasteiger partial charge in [0.2, 0.25) is 5.82 Å². The Morgan fingerprint density at radius 3 is 1.02 bits per heavy atom. The minimum absolute atomic E-state index is 0.000569. The van der Waals surface area contributed by atoms with Crippen molar-refractivity contribution in [3.63, 3.8) is 0 Å². The SMILES string of the molecule is Nc1ccc(-n2ccccc2=O)cc1OCCCN1C(=O)c2ccccc2C1=O.O=C1c2ccccc2C(=O)N1CCCOc1cc(-n2ccccc2=O)ccc1[N+](=O)[O-].O=c1ccccn1-c1ccc([N+](=O)[O-])c(F)c1.[N-]=[N+]=Nc1ccc(-n2ccccc2=O)cc1OCCCN1C(=O)c2ccccc2C1=O. The maximum atomic E-state index is 13.4. The number of benzene rings is 7. The van der Waals surface area contributed by atoms with Crippen molar-refractivity contribution in [3.05, 3.63) is 354 Å². The van der Waals surface area contributed by atoms with Crippen molar-refractivity contribution in [2.75, 3.05) is 45.2 Å². The molecule has 542 valence electrons. The number of aromatic nitrogens is 4. The fraction of sp³-hybridized carbons (Fsp3) is 0.117. The van der Waals surface area contributed by atoms with Gasteiger partial charge in [-0.05, 0) is 122 Å². The molecule has 11 aromatic rings. The number of fused-ring (bicyclic) bond motifs is 3. The van der Waals surface area contributed by atoms with E-state index in [1.165, 1.54) is 82.8 Å². The first-order valence-electron chi connectivity index (χ1n) is 33.0. The zero-order chi connectivity index (χ0) is 76.5. The lowest BCUT2D eigenvalue weighted by molar-refractivity contribution is -0.387. The highest BCUT2D eigenvalue weighted by Crippen LogP contribution is 2.33. The minimum atomic E-state index is -0.969. The van der Waals surface area contributed by atoms with Crippen molar-refractivity contribution in [1.82, 2.24) is 33.0 Å². The third-order valence-electron chi connectivity index (χ3n) is 16.7. The van der Waals surface area contributed by atoms with Gasteiger partial charge < -0.3 is 19.9 Å². The summed E-state index contributed by atoms with van der Waals surface area (Å²) in [7, 11) is 0. The molecule has 0 spiro atoms. The predicted molar refractivity (Wildman–Crippen MR) is 390 cm³/mol. The van der Waals surface area contributed by atoms with Crippen LogP contribution in [0.5, 0.6) is 17.2 Å². The molecule has 0 unspecified atom stereocenters. The fourth-order valence-electron chi connectivity index (χ4n) is 11.5. The number of carbonyl (C=O) groups is 6. The fourth-order valence-corrected chi connectivity index (χ4v) is 11.5. The Morgan fingerprint density at radius 1 is 0.380 bits per heavy atom. The van der Waals surface area contributed by atoms with E-state index in [2.05, 4.69) is 10.0 Å². The molecule has 3 aliphatic heterocycles. The quantitative estimate of drug-likeness (QED) is 0.00962. The zero-order valence-corrected chi connectivity index (χ0v) is 56.7. The van der Waals surface area contributed by atoms with Crippen molar-refractivity contribution in [2.45, 2.75) is 19.3 Å². The van der Waals surface area contributed by atoms with Crippen LogP contribution >= 0.6 is 0 Å². The smallest absolute Gasteiger partial charge is 0.311 e. The average molecular weight is 1460 g/mol. The summed E-state index contributed by atoms with van der Waals surface area (Å²) in [4.78, 5) is 149. The van der Waals surface area contributed by atoms with Crippen LogP contribution in [0.1, 0.15) is 81.4 Å². The molecular weight excluding hydrogens is 1400 g/mol. The summed E-state index contributed by atoms with van der Waals surface area (Å²) in [5, 5.41) is 25.4. The number of halogens is 1. The van der Waals surface area contributed by atoms with Crippen LogP contribution in [0.3, 0.4) is 0 Å². The zero-order valence-electron chi connectivity index (χ0n) is 56.7. The summed E-state index contributed by atoms with van der Waals surface area (Å²) in [6, 6.07) is 56.3. The molecule has 0 atom stereocenters. The van der Waals surface area contributed by atoms with Gasteiger partial charge in [-0.15, -0.1) is 0 Å². The number of nitrogens with two attached hydrogens (primary N) is 1. The van der Waals surface area contributed by atoms with Crippen LogP contribution in [0.15, 0.2) is 267 Å². The number of carbonyl (C=O) groups excluding carboxylic acids is 6. The van der Waals surface area contributed by atoms with Gasteiger partial charge in [0.25, 0.3) is 57.7 Å². The molecule has 0 radical (unpaired) electrons. The maximum absolute atomic E-state index is 13.4. The van der Waals surface area contributed by atoms with E-state index in [9.17, 15) is 72.6 Å². The summed E-state index contributed by atoms with van der Waals surface area (Å²) in [5.74, 6) is -2.15. The van der Waals surface area contributed by atoms with Gasteiger partial charge in [-0.2, -0.15) is 4.39 Å². The van der Waals surface area contributed by atoms with Gasteiger partial charge in [0.15, 0.2) is 5.75 Å². The molecule has 31 heteroatoms. The van der Waals surface area contributed by atoms with Gasteiger partial charge in [-0.1, -0.05) is 65.8 Å². The summed E-state index contributed by atoms with van der Waals surface area (Å²) >= 11 is 0. The molecule has 0 aliphatic carbocycles.